The van der Waals surface area contributed by atoms with Crippen LogP contribution in [-0.4, -0.2) is 58.8 Å². The van der Waals surface area contributed by atoms with Gasteiger partial charge in [0.25, 0.3) is 11.5 Å². The van der Waals surface area contributed by atoms with E-state index in [0.29, 0.717) is 47.2 Å². The van der Waals surface area contributed by atoms with Crippen molar-refractivity contribution in [3.8, 4) is 28.3 Å². The monoisotopic (exact) mass is 672 g/mol. The van der Waals surface area contributed by atoms with Crippen LogP contribution in [0.4, 0.5) is 5.69 Å². The predicted molar refractivity (Wildman–Crippen MR) is 183 cm³/mol. The topological polar surface area (TPSA) is 146 Å². The Morgan fingerprint density at radius 2 is 1.81 bits per heavy atom. The molecule has 0 radical (unpaired) electrons. The van der Waals surface area contributed by atoms with Crippen LogP contribution in [0.2, 0.25) is 5.02 Å². The highest BCUT2D eigenvalue weighted by atomic mass is 35.5. The lowest BCUT2D eigenvalue weighted by Gasteiger charge is -2.23. The van der Waals surface area contributed by atoms with Crippen LogP contribution in [0.3, 0.4) is 0 Å². The largest absolute Gasteiger partial charge is 0.481 e. The molecule has 0 unspecified atom stereocenters. The van der Waals surface area contributed by atoms with Crippen LogP contribution >= 0.6 is 11.6 Å². The van der Waals surface area contributed by atoms with E-state index >= 15 is 0 Å². The lowest BCUT2D eigenvalue weighted by Crippen LogP contribution is -2.40. The number of hydrogen-bond donors (Lipinski definition) is 3. The number of fused-ring (bicyclic) bond motifs is 1. The maximum atomic E-state index is 13.2. The number of hydrogen-bond acceptors (Lipinski definition) is 8. The molecule has 3 atom stereocenters. The predicted octanol–water partition coefficient (Wildman–Crippen LogP) is 3.52. The third kappa shape index (κ3) is 6.02. The zero-order valence-electron chi connectivity index (χ0n) is 27.3. The Labute approximate surface area is 282 Å². The fourth-order valence-corrected chi connectivity index (χ4v) is 6.93. The Hall–Kier alpha value is -4.78. The molecule has 6 rings (SSSR count). The highest BCUT2D eigenvalue weighted by molar-refractivity contribution is 6.36. The summed E-state index contributed by atoms with van der Waals surface area (Å²) in [7, 11) is 6.09. The zero-order chi connectivity index (χ0) is 34.3. The van der Waals surface area contributed by atoms with Crippen LogP contribution in [0.15, 0.2) is 58.3 Å². The molecule has 1 aliphatic carbocycles. The van der Waals surface area contributed by atoms with E-state index in [0.717, 1.165) is 38.8 Å². The Balaban J connectivity index is 1.32. The molecule has 4 aromatic rings. The van der Waals surface area contributed by atoms with Crippen molar-refractivity contribution in [3.63, 3.8) is 0 Å². The fraction of sp³-hybridized carbons (Fsp3) is 0.343. The summed E-state index contributed by atoms with van der Waals surface area (Å²) in [6, 6.07) is 13.1. The third-order valence-corrected chi connectivity index (χ3v) is 9.62. The lowest BCUT2D eigenvalue weighted by molar-refractivity contribution is -0.119. The average molecular weight is 673 g/mol. The Bertz CT molecular complexity index is 2060. The second kappa shape index (κ2) is 13.4. The van der Waals surface area contributed by atoms with Crippen molar-refractivity contribution in [3.05, 3.63) is 96.8 Å². The molecule has 0 saturated carbocycles. The quantitative estimate of drug-likeness (QED) is 0.245. The summed E-state index contributed by atoms with van der Waals surface area (Å²) in [5.41, 5.74) is 4.69. The minimum absolute atomic E-state index is 0.0648. The first-order chi connectivity index (χ1) is 23.0. The first kappa shape index (κ1) is 33.1. The summed E-state index contributed by atoms with van der Waals surface area (Å²) in [6.07, 6.45) is 3.05. The van der Waals surface area contributed by atoms with Crippen LogP contribution in [0.1, 0.15) is 45.9 Å². The number of carbonyl (C=O) groups is 2. The molecule has 1 saturated heterocycles. The lowest BCUT2D eigenvalue weighted by atomic mass is 9.96. The molecule has 250 valence electrons. The van der Waals surface area contributed by atoms with E-state index in [1.54, 1.807) is 26.4 Å². The number of carbonyl (C=O) groups excluding carboxylic acids is 2. The number of nitrogens with zero attached hydrogens (tertiary/aromatic N) is 3. The van der Waals surface area contributed by atoms with Crippen LogP contribution in [0, 0.1) is 6.92 Å². The van der Waals surface area contributed by atoms with Crippen molar-refractivity contribution < 1.29 is 19.1 Å². The summed E-state index contributed by atoms with van der Waals surface area (Å²) in [6.45, 7) is 2.47. The maximum Gasteiger partial charge on any atom is 0.330 e. The Kier molecular flexibility index (Phi) is 9.24. The maximum absolute atomic E-state index is 13.2. The number of amides is 2. The molecule has 13 heteroatoms. The fourth-order valence-electron chi connectivity index (χ4n) is 6.60. The smallest absolute Gasteiger partial charge is 0.330 e. The SMILES string of the molecule is COc1nc(-c2cccc(-c3cccc(NC(=O)c4cn(C)c(=O)n(C)c4=O)c3C)c2Cl)cc2c1[C@@H](NC[C@@H]1CCC(=O)N1)[C@@H](OC)C2. The molecule has 12 nitrogen and oxygen atoms in total. The zero-order valence-corrected chi connectivity index (χ0v) is 28.1. The van der Waals surface area contributed by atoms with Gasteiger partial charge in [0.2, 0.25) is 11.8 Å². The van der Waals surface area contributed by atoms with Gasteiger partial charge in [0.05, 0.1) is 30.0 Å². The van der Waals surface area contributed by atoms with E-state index in [9.17, 15) is 19.2 Å². The third-order valence-electron chi connectivity index (χ3n) is 9.22. The summed E-state index contributed by atoms with van der Waals surface area (Å²) >= 11 is 7.12. The molecular formula is C35H37ClN6O6. The van der Waals surface area contributed by atoms with Crippen LogP contribution in [0.5, 0.6) is 5.88 Å². The molecule has 3 heterocycles. The molecule has 0 bridgehead atoms. The molecule has 2 amide bonds. The van der Waals surface area contributed by atoms with Gasteiger partial charge in [-0.25, -0.2) is 9.78 Å². The number of benzene rings is 2. The van der Waals surface area contributed by atoms with Gasteiger partial charge in [-0.1, -0.05) is 41.9 Å². The number of halogens is 1. The number of nitrogens with one attached hydrogen (secondary N) is 3. The second-order valence-corrected chi connectivity index (χ2v) is 12.5. The van der Waals surface area contributed by atoms with Gasteiger partial charge in [-0.3, -0.25) is 19.0 Å². The van der Waals surface area contributed by atoms with E-state index in [2.05, 4.69) is 16.0 Å². The molecule has 3 N–H and O–H groups in total. The van der Waals surface area contributed by atoms with Gasteiger partial charge in [0.15, 0.2) is 0 Å². The summed E-state index contributed by atoms with van der Waals surface area (Å²) in [4.78, 5) is 54.6. The van der Waals surface area contributed by atoms with E-state index in [1.807, 2.05) is 37.3 Å². The van der Waals surface area contributed by atoms with Crippen LogP contribution < -0.4 is 31.9 Å². The van der Waals surface area contributed by atoms with Gasteiger partial charge in [-0.2, -0.15) is 0 Å². The summed E-state index contributed by atoms with van der Waals surface area (Å²) in [5.74, 6) is -0.0854. The van der Waals surface area contributed by atoms with E-state index in [4.69, 9.17) is 26.1 Å². The highest BCUT2D eigenvalue weighted by Gasteiger charge is 2.37. The van der Waals surface area contributed by atoms with E-state index < -0.39 is 17.2 Å². The van der Waals surface area contributed by atoms with E-state index in [-0.39, 0.29) is 29.7 Å². The van der Waals surface area contributed by atoms with Gasteiger partial charge in [0.1, 0.15) is 5.56 Å². The van der Waals surface area contributed by atoms with Crippen LogP contribution in [0.25, 0.3) is 22.4 Å². The van der Waals surface area contributed by atoms with Crippen molar-refractivity contribution in [1.29, 1.82) is 0 Å². The minimum Gasteiger partial charge on any atom is -0.481 e. The molecular weight excluding hydrogens is 636 g/mol. The number of methoxy groups -OCH3 is 2. The number of rotatable bonds is 9. The Morgan fingerprint density at radius 1 is 1.08 bits per heavy atom. The molecule has 1 aliphatic heterocycles. The van der Waals surface area contributed by atoms with Gasteiger partial charge >= 0.3 is 5.69 Å². The average Bonchev–Trinajstić information content (AvgIpc) is 3.67. The number of aromatic nitrogens is 3. The van der Waals surface area contributed by atoms with Crippen LogP contribution in [-0.2, 0) is 30.0 Å². The van der Waals surface area contributed by atoms with Crippen molar-refractivity contribution in [2.45, 2.75) is 44.4 Å². The molecule has 48 heavy (non-hydrogen) atoms. The van der Waals surface area contributed by atoms with Crippen molar-refractivity contribution in [2.75, 3.05) is 26.1 Å². The summed E-state index contributed by atoms with van der Waals surface area (Å²) < 4.78 is 13.8. The summed E-state index contributed by atoms with van der Waals surface area (Å²) in [5, 5.41) is 9.87. The number of pyridine rings is 1. The van der Waals surface area contributed by atoms with Crippen molar-refractivity contribution in [2.24, 2.45) is 14.1 Å². The van der Waals surface area contributed by atoms with Crippen molar-refractivity contribution >= 4 is 29.1 Å². The Morgan fingerprint density at radius 3 is 2.52 bits per heavy atom. The highest BCUT2D eigenvalue weighted by Crippen LogP contribution is 2.43. The molecule has 2 aromatic carbocycles. The van der Waals surface area contributed by atoms with Gasteiger partial charge < -0.3 is 30.0 Å². The molecule has 2 aromatic heterocycles. The second-order valence-electron chi connectivity index (χ2n) is 12.2. The first-order valence-corrected chi connectivity index (χ1v) is 16.0. The minimum atomic E-state index is -0.682. The van der Waals surface area contributed by atoms with Crippen molar-refractivity contribution in [1.82, 2.24) is 24.8 Å². The number of anilines is 1. The van der Waals surface area contributed by atoms with Gasteiger partial charge in [-0.15, -0.1) is 0 Å². The molecule has 1 fully saturated rings. The first-order valence-electron chi connectivity index (χ1n) is 15.6. The van der Waals surface area contributed by atoms with Gasteiger partial charge in [0, 0.05) is 75.2 Å². The van der Waals surface area contributed by atoms with Gasteiger partial charge in [-0.05, 0) is 42.2 Å². The number of ether oxygens (including phenoxy) is 2. The normalized spacial score (nSPS) is 18.5. The molecule has 2 aliphatic rings. The standard InChI is InChI=1S/C35H37ClN6O6/c1-18-21(8-7-11-25(18)39-32(44)24-17-41(2)35(46)42(3)34(24)45)22-9-6-10-23(30(22)36)26-14-19-15-27(47-4)31(29(19)33(40-26)48-5)37-16-20-12-13-28(43)38-20/h6-11,14,17,20,27,31,37H,12-13,15-16H2,1-5H3,(H,38,43)(H,39,44)/t20-,27-,31-/m0/s1. The molecule has 0 spiro atoms. The number of aryl methyl sites for hydroxylation is 1. The van der Waals surface area contributed by atoms with E-state index in [1.165, 1.54) is 24.9 Å².